The first-order valence-electron chi connectivity index (χ1n) is 7.60. The highest BCUT2D eigenvalue weighted by molar-refractivity contribution is 5.66. The third-order valence-corrected chi connectivity index (χ3v) is 4.29. The summed E-state index contributed by atoms with van der Waals surface area (Å²) in [6.07, 6.45) is 3.49. The summed E-state index contributed by atoms with van der Waals surface area (Å²) in [4.78, 5) is 13.1. The Kier molecular flexibility index (Phi) is 5.18. The van der Waals surface area contributed by atoms with Crippen molar-refractivity contribution in [3.8, 4) is 0 Å². The molecule has 2 atom stereocenters. The fourth-order valence-corrected chi connectivity index (χ4v) is 3.26. The van der Waals surface area contributed by atoms with Crippen LogP contribution in [0, 0.1) is 12.8 Å². The number of aliphatic carboxylic acids is 1. The molecule has 2 unspecified atom stereocenters. The molecule has 2 rings (SSSR count). The number of aryl methyl sites for hydroxylation is 1. The van der Waals surface area contributed by atoms with Gasteiger partial charge >= 0.3 is 5.97 Å². The number of carbonyl (C=O) groups is 1. The Morgan fingerprint density at radius 1 is 1.35 bits per heavy atom. The van der Waals surface area contributed by atoms with Crippen molar-refractivity contribution in [1.82, 2.24) is 4.90 Å². The molecule has 110 valence electrons. The lowest BCUT2D eigenvalue weighted by Gasteiger charge is -2.40. The molecule has 1 aliphatic heterocycles. The van der Waals surface area contributed by atoms with Gasteiger partial charge in [-0.15, -0.1) is 0 Å². The molecule has 1 fully saturated rings. The number of hydrogen-bond acceptors (Lipinski definition) is 2. The summed E-state index contributed by atoms with van der Waals surface area (Å²) in [5, 5.41) is 8.79. The van der Waals surface area contributed by atoms with Gasteiger partial charge in [0.25, 0.3) is 0 Å². The zero-order chi connectivity index (χ0) is 14.5. The first-order valence-corrected chi connectivity index (χ1v) is 7.60. The Hall–Kier alpha value is -1.35. The lowest BCUT2D eigenvalue weighted by Crippen LogP contribution is -2.38. The van der Waals surface area contributed by atoms with Gasteiger partial charge in [0.2, 0.25) is 0 Å². The van der Waals surface area contributed by atoms with Crippen LogP contribution in [0.15, 0.2) is 24.3 Å². The smallest absolute Gasteiger partial charge is 0.303 e. The van der Waals surface area contributed by atoms with Crippen molar-refractivity contribution in [2.45, 2.75) is 45.6 Å². The molecular formula is C17H25NO2. The molecule has 1 aliphatic rings. The average Bonchev–Trinajstić information content (AvgIpc) is 2.40. The Balaban J connectivity index is 2.07. The van der Waals surface area contributed by atoms with Crippen LogP contribution in [0.1, 0.15) is 49.8 Å². The predicted octanol–water partition coefficient (Wildman–Crippen LogP) is 3.63. The van der Waals surface area contributed by atoms with E-state index in [9.17, 15) is 4.79 Å². The maximum absolute atomic E-state index is 10.7. The maximum Gasteiger partial charge on any atom is 0.303 e. The summed E-state index contributed by atoms with van der Waals surface area (Å²) in [5.74, 6) is -0.0572. The van der Waals surface area contributed by atoms with E-state index in [1.54, 1.807) is 0 Å². The third-order valence-electron chi connectivity index (χ3n) is 4.29. The van der Waals surface area contributed by atoms with E-state index in [1.807, 2.05) is 0 Å². The summed E-state index contributed by atoms with van der Waals surface area (Å²) in [6.45, 7) is 6.39. The minimum absolute atomic E-state index is 0.269. The molecule has 1 heterocycles. The van der Waals surface area contributed by atoms with Gasteiger partial charge in [-0.05, 0) is 50.8 Å². The SMILES string of the molecule is Cc1ccc(C2C(C)CCCN2CCCC(=O)O)cc1. The van der Waals surface area contributed by atoms with Crippen LogP contribution < -0.4 is 0 Å². The van der Waals surface area contributed by atoms with E-state index in [1.165, 1.54) is 24.0 Å². The zero-order valence-electron chi connectivity index (χ0n) is 12.5. The van der Waals surface area contributed by atoms with E-state index < -0.39 is 5.97 Å². The highest BCUT2D eigenvalue weighted by Gasteiger charge is 2.29. The Bertz CT molecular complexity index is 441. The number of benzene rings is 1. The summed E-state index contributed by atoms with van der Waals surface area (Å²) in [5.41, 5.74) is 2.66. The van der Waals surface area contributed by atoms with E-state index in [0.717, 1.165) is 19.5 Å². The second-order valence-corrected chi connectivity index (χ2v) is 6.01. The highest BCUT2D eigenvalue weighted by Crippen LogP contribution is 2.35. The van der Waals surface area contributed by atoms with Gasteiger partial charge in [-0.25, -0.2) is 0 Å². The largest absolute Gasteiger partial charge is 0.481 e. The summed E-state index contributed by atoms with van der Waals surface area (Å²) in [6, 6.07) is 9.24. The van der Waals surface area contributed by atoms with Gasteiger partial charge in [0.15, 0.2) is 0 Å². The number of hydrogen-bond donors (Lipinski definition) is 1. The highest BCUT2D eigenvalue weighted by atomic mass is 16.4. The van der Waals surface area contributed by atoms with Crippen LogP contribution in [-0.2, 0) is 4.79 Å². The number of rotatable bonds is 5. The number of nitrogens with zero attached hydrogens (tertiary/aromatic N) is 1. The van der Waals surface area contributed by atoms with Crippen molar-refractivity contribution in [1.29, 1.82) is 0 Å². The van der Waals surface area contributed by atoms with Gasteiger partial charge in [0.1, 0.15) is 0 Å². The van der Waals surface area contributed by atoms with Crippen molar-refractivity contribution in [2.75, 3.05) is 13.1 Å². The lowest BCUT2D eigenvalue weighted by atomic mass is 9.85. The van der Waals surface area contributed by atoms with E-state index >= 15 is 0 Å². The molecule has 0 spiro atoms. The average molecular weight is 275 g/mol. The Labute approximate surface area is 121 Å². The van der Waals surface area contributed by atoms with Crippen molar-refractivity contribution in [3.63, 3.8) is 0 Å². The molecule has 1 saturated heterocycles. The Morgan fingerprint density at radius 2 is 2.05 bits per heavy atom. The minimum atomic E-state index is -0.693. The maximum atomic E-state index is 10.7. The second kappa shape index (κ2) is 6.89. The Morgan fingerprint density at radius 3 is 2.70 bits per heavy atom. The molecule has 0 aromatic heterocycles. The van der Waals surface area contributed by atoms with Gasteiger partial charge in [-0.3, -0.25) is 9.69 Å². The van der Waals surface area contributed by atoms with Crippen LogP contribution in [0.3, 0.4) is 0 Å². The van der Waals surface area contributed by atoms with Crippen LogP contribution >= 0.6 is 0 Å². The van der Waals surface area contributed by atoms with Crippen molar-refractivity contribution in [2.24, 2.45) is 5.92 Å². The van der Waals surface area contributed by atoms with Crippen LogP contribution in [0.2, 0.25) is 0 Å². The quantitative estimate of drug-likeness (QED) is 0.892. The van der Waals surface area contributed by atoms with Crippen LogP contribution in [0.4, 0.5) is 0 Å². The van der Waals surface area contributed by atoms with Crippen LogP contribution in [0.5, 0.6) is 0 Å². The molecule has 0 amide bonds. The monoisotopic (exact) mass is 275 g/mol. The fourth-order valence-electron chi connectivity index (χ4n) is 3.26. The number of likely N-dealkylation sites (tertiary alicyclic amines) is 1. The van der Waals surface area contributed by atoms with E-state index in [-0.39, 0.29) is 6.42 Å². The molecule has 1 aromatic rings. The molecule has 0 bridgehead atoms. The molecule has 1 aromatic carbocycles. The zero-order valence-corrected chi connectivity index (χ0v) is 12.5. The van der Waals surface area contributed by atoms with E-state index in [2.05, 4.69) is 43.0 Å². The molecular weight excluding hydrogens is 250 g/mol. The fraction of sp³-hybridized carbons (Fsp3) is 0.588. The molecule has 20 heavy (non-hydrogen) atoms. The van der Waals surface area contributed by atoms with Crippen molar-refractivity contribution < 1.29 is 9.90 Å². The van der Waals surface area contributed by atoms with Gasteiger partial charge in [0, 0.05) is 12.5 Å². The summed E-state index contributed by atoms with van der Waals surface area (Å²) in [7, 11) is 0. The van der Waals surface area contributed by atoms with E-state index in [0.29, 0.717) is 12.0 Å². The van der Waals surface area contributed by atoms with Gasteiger partial charge in [-0.2, -0.15) is 0 Å². The number of piperidine rings is 1. The third kappa shape index (κ3) is 3.83. The molecule has 0 saturated carbocycles. The topological polar surface area (TPSA) is 40.5 Å². The summed E-state index contributed by atoms with van der Waals surface area (Å²) >= 11 is 0. The molecule has 0 aliphatic carbocycles. The van der Waals surface area contributed by atoms with Gasteiger partial charge < -0.3 is 5.11 Å². The van der Waals surface area contributed by atoms with Crippen LogP contribution in [-0.4, -0.2) is 29.1 Å². The number of carboxylic acids is 1. The minimum Gasteiger partial charge on any atom is -0.481 e. The molecule has 1 N–H and O–H groups in total. The number of carboxylic acid groups (broad SMARTS) is 1. The predicted molar refractivity (Wildman–Crippen MR) is 80.8 cm³/mol. The first-order chi connectivity index (χ1) is 9.58. The second-order valence-electron chi connectivity index (χ2n) is 6.01. The standard InChI is InChI=1S/C17H25NO2/c1-13-7-9-15(10-8-13)17-14(2)5-3-11-18(17)12-4-6-16(19)20/h7-10,14,17H,3-6,11-12H2,1-2H3,(H,19,20). The van der Waals surface area contributed by atoms with Gasteiger partial charge in [-0.1, -0.05) is 36.8 Å². The summed E-state index contributed by atoms with van der Waals surface area (Å²) < 4.78 is 0. The normalized spacial score (nSPS) is 23.7. The van der Waals surface area contributed by atoms with Crippen LogP contribution in [0.25, 0.3) is 0 Å². The van der Waals surface area contributed by atoms with Gasteiger partial charge in [0.05, 0.1) is 0 Å². The molecule has 3 nitrogen and oxygen atoms in total. The lowest BCUT2D eigenvalue weighted by molar-refractivity contribution is -0.137. The van der Waals surface area contributed by atoms with Crippen molar-refractivity contribution >= 4 is 5.97 Å². The molecule has 0 radical (unpaired) electrons. The van der Waals surface area contributed by atoms with E-state index in [4.69, 9.17) is 5.11 Å². The first kappa shape index (κ1) is 15.0. The van der Waals surface area contributed by atoms with Crippen molar-refractivity contribution in [3.05, 3.63) is 35.4 Å². The molecule has 3 heteroatoms.